The minimum Gasteiger partial charge on any atom is -0.269 e. The zero-order valence-electron chi connectivity index (χ0n) is 14.3. The first-order valence-corrected chi connectivity index (χ1v) is 8.79. The Labute approximate surface area is 156 Å². The Morgan fingerprint density at radius 2 is 2.00 bits per heavy atom. The lowest BCUT2D eigenvalue weighted by Crippen LogP contribution is -2.16. The highest BCUT2D eigenvalue weighted by molar-refractivity contribution is 7.98. The standard InChI is InChI=1S/C18H13F3N4OS/c1-10-4-3-5-25-15(26)7-12(24-16(10)25)9-27-17-13(8-22)14(18(19,20)21)6-11(2)23-17/h3-7H,9H2,1-2H3. The SMILES string of the molecule is Cc1cc(C(F)(F)F)c(C#N)c(SCc2cc(=O)n3cccc(C)c3n2)n1. The summed E-state index contributed by atoms with van der Waals surface area (Å²) in [5.41, 5.74) is 0.0231. The highest BCUT2D eigenvalue weighted by atomic mass is 32.2. The second kappa shape index (κ2) is 7.04. The normalized spacial score (nSPS) is 11.6. The van der Waals surface area contributed by atoms with E-state index in [9.17, 15) is 23.2 Å². The van der Waals surface area contributed by atoms with Crippen LogP contribution in [0.25, 0.3) is 5.65 Å². The highest BCUT2D eigenvalue weighted by Gasteiger charge is 2.35. The molecule has 0 saturated carbocycles. The number of aryl methyl sites for hydroxylation is 2. The van der Waals surface area contributed by atoms with E-state index < -0.39 is 17.3 Å². The monoisotopic (exact) mass is 390 g/mol. The summed E-state index contributed by atoms with van der Waals surface area (Å²) in [5.74, 6) is 0.114. The maximum absolute atomic E-state index is 13.2. The molecule has 3 heterocycles. The van der Waals surface area contributed by atoms with Gasteiger partial charge in [0.25, 0.3) is 5.56 Å². The number of aromatic nitrogens is 3. The number of nitrogens with zero attached hydrogens (tertiary/aromatic N) is 4. The van der Waals surface area contributed by atoms with Crippen molar-refractivity contribution in [2.75, 3.05) is 0 Å². The van der Waals surface area contributed by atoms with Gasteiger partial charge in [-0.05, 0) is 31.5 Å². The molecule has 0 saturated heterocycles. The molecule has 0 N–H and O–H groups in total. The van der Waals surface area contributed by atoms with Gasteiger partial charge in [-0.25, -0.2) is 9.97 Å². The molecular weight excluding hydrogens is 377 g/mol. The first-order chi connectivity index (χ1) is 12.7. The van der Waals surface area contributed by atoms with Gasteiger partial charge in [0.1, 0.15) is 16.7 Å². The quantitative estimate of drug-likeness (QED) is 0.635. The molecule has 0 bridgehead atoms. The molecule has 0 radical (unpaired) electrons. The molecule has 0 aliphatic heterocycles. The summed E-state index contributed by atoms with van der Waals surface area (Å²) in [7, 11) is 0. The number of alkyl halides is 3. The minimum atomic E-state index is -4.65. The smallest absolute Gasteiger partial charge is 0.269 e. The van der Waals surface area contributed by atoms with Crippen LogP contribution in [0.4, 0.5) is 13.2 Å². The summed E-state index contributed by atoms with van der Waals surface area (Å²) in [4.78, 5) is 20.7. The van der Waals surface area contributed by atoms with E-state index in [0.717, 1.165) is 23.4 Å². The number of fused-ring (bicyclic) bond motifs is 1. The van der Waals surface area contributed by atoms with Gasteiger partial charge in [0.05, 0.1) is 16.8 Å². The number of thioether (sulfide) groups is 1. The molecule has 0 aliphatic carbocycles. The molecule has 27 heavy (non-hydrogen) atoms. The molecule has 0 spiro atoms. The molecule has 0 fully saturated rings. The van der Waals surface area contributed by atoms with Crippen LogP contribution in [-0.2, 0) is 11.9 Å². The molecule has 9 heteroatoms. The lowest BCUT2D eigenvalue weighted by Gasteiger charge is -2.12. The van der Waals surface area contributed by atoms with Gasteiger partial charge >= 0.3 is 6.18 Å². The zero-order valence-corrected chi connectivity index (χ0v) is 15.1. The van der Waals surface area contributed by atoms with Gasteiger partial charge in [0.2, 0.25) is 0 Å². The Bertz CT molecular complexity index is 1130. The van der Waals surface area contributed by atoms with Crippen molar-refractivity contribution in [3.8, 4) is 6.07 Å². The lowest BCUT2D eigenvalue weighted by atomic mass is 10.1. The van der Waals surface area contributed by atoms with E-state index in [4.69, 9.17) is 0 Å². The van der Waals surface area contributed by atoms with Crippen LogP contribution in [0.1, 0.15) is 28.1 Å². The topological polar surface area (TPSA) is 71.0 Å². The van der Waals surface area contributed by atoms with Gasteiger partial charge < -0.3 is 0 Å². The number of rotatable bonds is 3. The predicted octanol–water partition coefficient (Wildman–Crippen LogP) is 3.89. The summed E-state index contributed by atoms with van der Waals surface area (Å²) in [6, 6.07) is 7.31. The number of halogens is 3. The molecule has 138 valence electrons. The zero-order chi connectivity index (χ0) is 19.8. The van der Waals surface area contributed by atoms with Crippen molar-refractivity contribution in [2.45, 2.75) is 30.8 Å². The predicted molar refractivity (Wildman–Crippen MR) is 94.5 cm³/mol. The van der Waals surface area contributed by atoms with Crippen LogP contribution < -0.4 is 5.56 Å². The van der Waals surface area contributed by atoms with Crippen molar-refractivity contribution < 1.29 is 13.2 Å². The van der Waals surface area contributed by atoms with Crippen LogP contribution >= 0.6 is 11.8 Å². The molecule has 5 nitrogen and oxygen atoms in total. The van der Waals surface area contributed by atoms with E-state index in [2.05, 4.69) is 9.97 Å². The molecule has 3 aromatic heterocycles. The van der Waals surface area contributed by atoms with E-state index in [1.165, 1.54) is 17.4 Å². The van der Waals surface area contributed by atoms with Crippen molar-refractivity contribution in [3.05, 3.63) is 68.9 Å². The maximum Gasteiger partial charge on any atom is 0.417 e. The van der Waals surface area contributed by atoms with Gasteiger partial charge in [-0.1, -0.05) is 17.8 Å². The van der Waals surface area contributed by atoms with Gasteiger partial charge in [-0.15, -0.1) is 0 Å². The fourth-order valence-electron chi connectivity index (χ4n) is 2.61. The highest BCUT2D eigenvalue weighted by Crippen LogP contribution is 2.36. The fraction of sp³-hybridized carbons (Fsp3) is 0.222. The van der Waals surface area contributed by atoms with Crippen LogP contribution in [0.15, 0.2) is 40.3 Å². The average Bonchev–Trinajstić information content (AvgIpc) is 2.59. The Morgan fingerprint density at radius 1 is 1.26 bits per heavy atom. The third-order valence-electron chi connectivity index (χ3n) is 3.83. The van der Waals surface area contributed by atoms with Crippen molar-refractivity contribution in [2.24, 2.45) is 0 Å². The second-order valence-corrected chi connectivity index (χ2v) is 6.82. The molecule has 0 atom stereocenters. The minimum absolute atomic E-state index is 0.0309. The van der Waals surface area contributed by atoms with Crippen molar-refractivity contribution in [1.29, 1.82) is 5.26 Å². The number of hydrogen-bond donors (Lipinski definition) is 0. The average molecular weight is 390 g/mol. The number of nitriles is 1. The summed E-state index contributed by atoms with van der Waals surface area (Å²) < 4.78 is 41.0. The second-order valence-electron chi connectivity index (χ2n) is 5.86. The summed E-state index contributed by atoms with van der Waals surface area (Å²) in [6.45, 7) is 3.24. The van der Waals surface area contributed by atoms with Gasteiger partial charge in [0, 0.05) is 23.7 Å². The molecule has 0 aliphatic rings. The van der Waals surface area contributed by atoms with E-state index in [1.54, 1.807) is 18.3 Å². The Hall–Kier alpha value is -2.86. The molecule has 0 amide bonds. The summed E-state index contributed by atoms with van der Waals surface area (Å²) >= 11 is 0.948. The van der Waals surface area contributed by atoms with Crippen LogP contribution in [0.2, 0.25) is 0 Å². The number of hydrogen-bond acceptors (Lipinski definition) is 5. The molecule has 3 aromatic rings. The third kappa shape index (κ3) is 3.80. The Balaban J connectivity index is 2.00. The van der Waals surface area contributed by atoms with Crippen molar-refractivity contribution >= 4 is 17.4 Å². The number of pyridine rings is 2. The van der Waals surface area contributed by atoms with Crippen LogP contribution in [-0.4, -0.2) is 14.4 Å². The van der Waals surface area contributed by atoms with E-state index in [-0.39, 0.29) is 22.0 Å². The van der Waals surface area contributed by atoms with Crippen LogP contribution in [0.5, 0.6) is 0 Å². The lowest BCUT2D eigenvalue weighted by molar-refractivity contribution is -0.138. The Kier molecular flexibility index (Phi) is 4.93. The maximum atomic E-state index is 13.2. The van der Waals surface area contributed by atoms with E-state index in [1.807, 2.05) is 13.0 Å². The molecule has 0 aromatic carbocycles. The van der Waals surface area contributed by atoms with Gasteiger partial charge in [0.15, 0.2) is 0 Å². The van der Waals surface area contributed by atoms with Gasteiger partial charge in [-0.2, -0.15) is 18.4 Å². The van der Waals surface area contributed by atoms with E-state index >= 15 is 0 Å². The first-order valence-electron chi connectivity index (χ1n) is 7.80. The summed E-state index contributed by atoms with van der Waals surface area (Å²) in [5, 5.41) is 9.17. The molecule has 3 rings (SSSR count). The van der Waals surface area contributed by atoms with Gasteiger partial charge in [-0.3, -0.25) is 9.20 Å². The van der Waals surface area contributed by atoms with Crippen molar-refractivity contribution in [1.82, 2.24) is 14.4 Å². The summed E-state index contributed by atoms with van der Waals surface area (Å²) in [6.07, 6.45) is -3.05. The van der Waals surface area contributed by atoms with Crippen molar-refractivity contribution in [3.63, 3.8) is 0 Å². The van der Waals surface area contributed by atoms with E-state index in [0.29, 0.717) is 11.3 Å². The fourth-order valence-corrected chi connectivity index (χ4v) is 3.55. The van der Waals surface area contributed by atoms with Crippen LogP contribution in [0, 0.1) is 25.2 Å². The largest absolute Gasteiger partial charge is 0.417 e. The molecular formula is C18H13F3N4OS. The first kappa shape index (κ1) is 18.9. The third-order valence-corrected chi connectivity index (χ3v) is 4.84. The Morgan fingerprint density at radius 3 is 2.67 bits per heavy atom. The van der Waals surface area contributed by atoms with Crippen LogP contribution in [0.3, 0.4) is 0 Å². The molecule has 0 unspecified atom stereocenters.